The molecule has 0 spiro atoms. The lowest BCUT2D eigenvalue weighted by Gasteiger charge is -2.45. The molecule has 1 aromatic rings. The molecule has 4 unspecified atom stereocenters. The predicted octanol–water partition coefficient (Wildman–Crippen LogP) is 3.76. The molecule has 4 atom stereocenters. The first kappa shape index (κ1) is 15.5. The number of methoxy groups -OCH3 is 1. The third-order valence-electron chi connectivity index (χ3n) is 5.02. The van der Waals surface area contributed by atoms with Gasteiger partial charge in [-0.1, -0.05) is 18.9 Å². The van der Waals surface area contributed by atoms with E-state index in [9.17, 15) is 0 Å². The third kappa shape index (κ3) is 3.34. The first-order valence-electron chi connectivity index (χ1n) is 8.27. The summed E-state index contributed by atoms with van der Waals surface area (Å²) in [6.07, 6.45) is 7.02. The molecule has 118 valence electrons. The van der Waals surface area contributed by atoms with Crippen LogP contribution in [-0.2, 0) is 9.47 Å². The molecule has 3 rings (SSSR count). The van der Waals surface area contributed by atoms with Crippen LogP contribution in [0.25, 0.3) is 0 Å². The van der Waals surface area contributed by atoms with Gasteiger partial charge in [0.25, 0.3) is 0 Å². The summed E-state index contributed by atoms with van der Waals surface area (Å²) in [6.45, 7) is 2.83. The van der Waals surface area contributed by atoms with Crippen LogP contribution < -0.4 is 5.32 Å². The average molecular weight is 309 g/mol. The highest BCUT2D eigenvalue weighted by Gasteiger charge is 2.44. The molecule has 0 saturated heterocycles. The van der Waals surface area contributed by atoms with E-state index in [1.807, 2.05) is 11.3 Å². The van der Waals surface area contributed by atoms with Crippen LogP contribution in [0.1, 0.15) is 49.9 Å². The van der Waals surface area contributed by atoms with Crippen LogP contribution in [0.15, 0.2) is 17.5 Å². The Balaban J connectivity index is 1.65. The molecule has 2 aliphatic carbocycles. The van der Waals surface area contributed by atoms with Crippen LogP contribution >= 0.6 is 11.3 Å². The molecular weight excluding hydrogens is 282 g/mol. The summed E-state index contributed by atoms with van der Waals surface area (Å²) in [5.74, 6) is 0.785. The van der Waals surface area contributed by atoms with Crippen LogP contribution in [0.5, 0.6) is 0 Å². The van der Waals surface area contributed by atoms with Gasteiger partial charge in [0.05, 0.1) is 12.2 Å². The van der Waals surface area contributed by atoms with E-state index in [2.05, 4.69) is 29.8 Å². The zero-order valence-electron chi connectivity index (χ0n) is 13.1. The van der Waals surface area contributed by atoms with E-state index in [4.69, 9.17) is 9.47 Å². The van der Waals surface area contributed by atoms with E-state index in [0.29, 0.717) is 12.1 Å². The molecule has 4 heteroatoms. The molecule has 2 aliphatic rings. The van der Waals surface area contributed by atoms with Crippen molar-refractivity contribution < 1.29 is 9.47 Å². The Kier molecular flexibility index (Phi) is 5.33. The van der Waals surface area contributed by atoms with Gasteiger partial charge >= 0.3 is 0 Å². The number of thiophene rings is 1. The SMILES string of the molecule is CCOC1CC(NC(c2cccs2)C2CCCC2)C1OC. The fraction of sp³-hybridized carbons (Fsp3) is 0.765. The first-order chi connectivity index (χ1) is 10.3. The molecule has 0 aliphatic heterocycles. The van der Waals surface area contributed by atoms with Crippen LogP contribution in [0.2, 0.25) is 0 Å². The maximum absolute atomic E-state index is 5.75. The van der Waals surface area contributed by atoms with Crippen molar-refractivity contribution in [1.82, 2.24) is 5.32 Å². The second-order valence-corrected chi connectivity index (χ2v) is 7.22. The van der Waals surface area contributed by atoms with Gasteiger partial charge in [0.1, 0.15) is 0 Å². The summed E-state index contributed by atoms with van der Waals surface area (Å²) in [6, 6.07) is 5.37. The van der Waals surface area contributed by atoms with Gasteiger partial charge in [0.2, 0.25) is 0 Å². The van der Waals surface area contributed by atoms with Crippen LogP contribution in [0.4, 0.5) is 0 Å². The van der Waals surface area contributed by atoms with Gasteiger partial charge in [-0.15, -0.1) is 11.3 Å². The Morgan fingerprint density at radius 3 is 2.81 bits per heavy atom. The molecule has 0 aromatic carbocycles. The third-order valence-corrected chi connectivity index (χ3v) is 5.97. The van der Waals surface area contributed by atoms with E-state index in [1.165, 1.54) is 30.6 Å². The van der Waals surface area contributed by atoms with Crippen molar-refractivity contribution in [1.29, 1.82) is 0 Å². The van der Waals surface area contributed by atoms with Crippen LogP contribution in [0.3, 0.4) is 0 Å². The smallest absolute Gasteiger partial charge is 0.0987 e. The predicted molar refractivity (Wildman–Crippen MR) is 86.8 cm³/mol. The summed E-state index contributed by atoms with van der Waals surface area (Å²) in [4.78, 5) is 1.48. The molecule has 1 N–H and O–H groups in total. The zero-order valence-corrected chi connectivity index (χ0v) is 13.9. The van der Waals surface area contributed by atoms with E-state index in [0.717, 1.165) is 18.9 Å². The van der Waals surface area contributed by atoms with Crippen LogP contribution in [0, 0.1) is 5.92 Å². The summed E-state index contributed by atoms with van der Waals surface area (Å²) in [7, 11) is 1.81. The van der Waals surface area contributed by atoms with Crippen molar-refractivity contribution in [2.45, 2.75) is 63.3 Å². The second kappa shape index (κ2) is 7.23. The standard InChI is InChI=1S/C17H27NO2S/c1-3-20-14-11-13(17(14)19-2)18-16(12-7-4-5-8-12)15-9-6-10-21-15/h6,9-10,12-14,16-18H,3-5,7-8,11H2,1-2H3. The van der Waals surface area contributed by atoms with Crippen molar-refractivity contribution in [3.8, 4) is 0 Å². The minimum atomic E-state index is 0.203. The Morgan fingerprint density at radius 1 is 1.38 bits per heavy atom. The highest BCUT2D eigenvalue weighted by atomic mass is 32.1. The summed E-state index contributed by atoms with van der Waals surface area (Å²) in [5, 5.41) is 6.08. The van der Waals surface area contributed by atoms with Gasteiger partial charge < -0.3 is 14.8 Å². The second-order valence-electron chi connectivity index (χ2n) is 6.24. The van der Waals surface area contributed by atoms with Gasteiger partial charge in [0, 0.05) is 30.7 Å². The normalized spacial score (nSPS) is 31.2. The molecule has 1 heterocycles. The quantitative estimate of drug-likeness (QED) is 0.832. The van der Waals surface area contributed by atoms with Crippen molar-refractivity contribution in [2.24, 2.45) is 5.92 Å². The fourth-order valence-corrected chi connectivity index (χ4v) is 4.76. The minimum absolute atomic E-state index is 0.203. The summed E-state index contributed by atoms with van der Waals surface area (Å²) < 4.78 is 11.4. The first-order valence-corrected chi connectivity index (χ1v) is 9.15. The number of ether oxygens (including phenoxy) is 2. The topological polar surface area (TPSA) is 30.5 Å². The van der Waals surface area contributed by atoms with E-state index in [1.54, 1.807) is 7.11 Å². The van der Waals surface area contributed by atoms with Gasteiger partial charge in [-0.05, 0) is 43.6 Å². The molecule has 21 heavy (non-hydrogen) atoms. The van der Waals surface area contributed by atoms with Gasteiger partial charge in [0.15, 0.2) is 0 Å². The van der Waals surface area contributed by atoms with Crippen LogP contribution in [-0.4, -0.2) is 32.0 Å². The molecule has 0 radical (unpaired) electrons. The van der Waals surface area contributed by atoms with Gasteiger partial charge in [-0.25, -0.2) is 0 Å². The van der Waals surface area contributed by atoms with E-state index >= 15 is 0 Å². The molecule has 2 fully saturated rings. The lowest BCUT2D eigenvalue weighted by Crippen LogP contribution is -2.60. The number of rotatable bonds is 7. The molecular formula is C17H27NO2S. The maximum Gasteiger partial charge on any atom is 0.0987 e. The highest BCUT2D eigenvalue weighted by molar-refractivity contribution is 7.10. The van der Waals surface area contributed by atoms with E-state index < -0.39 is 0 Å². The summed E-state index contributed by atoms with van der Waals surface area (Å²) >= 11 is 1.88. The minimum Gasteiger partial charge on any atom is -0.377 e. The van der Waals surface area contributed by atoms with E-state index in [-0.39, 0.29) is 12.2 Å². The Labute approximate surface area is 132 Å². The lowest BCUT2D eigenvalue weighted by molar-refractivity contribution is -0.134. The van der Waals surface area contributed by atoms with Crippen molar-refractivity contribution >= 4 is 11.3 Å². The van der Waals surface area contributed by atoms with Crippen molar-refractivity contribution in [3.05, 3.63) is 22.4 Å². The average Bonchev–Trinajstić information content (AvgIpc) is 3.15. The Hall–Kier alpha value is -0.420. The van der Waals surface area contributed by atoms with Crippen molar-refractivity contribution in [3.63, 3.8) is 0 Å². The highest BCUT2D eigenvalue weighted by Crippen LogP contribution is 2.39. The maximum atomic E-state index is 5.75. The Bertz CT molecular complexity index is 416. The molecule has 3 nitrogen and oxygen atoms in total. The van der Waals surface area contributed by atoms with Gasteiger partial charge in [-0.2, -0.15) is 0 Å². The molecule has 1 aromatic heterocycles. The summed E-state index contributed by atoms with van der Waals surface area (Å²) in [5.41, 5.74) is 0. The van der Waals surface area contributed by atoms with Crippen molar-refractivity contribution in [2.75, 3.05) is 13.7 Å². The largest absolute Gasteiger partial charge is 0.377 e. The number of nitrogens with one attached hydrogen (secondary N) is 1. The van der Waals surface area contributed by atoms with Gasteiger partial charge in [-0.3, -0.25) is 0 Å². The fourth-order valence-electron chi connectivity index (χ4n) is 3.88. The molecule has 0 amide bonds. The number of hydrogen-bond donors (Lipinski definition) is 1. The molecule has 2 saturated carbocycles. The lowest BCUT2D eigenvalue weighted by atomic mass is 9.83. The molecule has 0 bridgehead atoms. The Morgan fingerprint density at radius 2 is 2.19 bits per heavy atom. The monoisotopic (exact) mass is 309 g/mol. The number of hydrogen-bond acceptors (Lipinski definition) is 4. The zero-order chi connectivity index (χ0) is 14.7.